The van der Waals surface area contributed by atoms with Gasteiger partial charge in [-0.25, -0.2) is 0 Å². The van der Waals surface area contributed by atoms with Crippen LogP contribution in [0.4, 0.5) is 0 Å². The number of unbranched alkanes of at least 4 members (excludes halogenated alkanes) is 21. The highest BCUT2D eigenvalue weighted by Gasteiger charge is 2.19. The summed E-state index contributed by atoms with van der Waals surface area (Å²) >= 11 is 0. The molecule has 0 aromatic heterocycles. The van der Waals surface area contributed by atoms with Gasteiger partial charge in [0.15, 0.2) is 6.10 Å². The predicted molar refractivity (Wildman–Crippen MR) is 311 cm³/mol. The molecular weight excluding hydrogens is 889 g/mol. The van der Waals surface area contributed by atoms with Crippen LogP contribution in [-0.2, 0) is 28.6 Å². The number of allylic oxidation sites excluding steroid dienone is 20. The summed E-state index contributed by atoms with van der Waals surface area (Å²) < 4.78 is 16.8. The van der Waals surface area contributed by atoms with E-state index in [1.54, 1.807) is 0 Å². The Hall–Kier alpha value is -4.19. The van der Waals surface area contributed by atoms with Crippen molar-refractivity contribution in [3.8, 4) is 0 Å². The molecule has 0 spiro atoms. The Balaban J connectivity index is 4.41. The second-order valence-corrected chi connectivity index (χ2v) is 19.1. The SMILES string of the molecule is CC/C=C\C/C=C\C/C=C\C/C=C\C/C=C\C/C=C\CCCCCCCCC(=O)OCC(COC(=O)CCCCCCCCCCCCCC)OC(=O)CCCCCC/C=C\C/C=C\C/C=C\C/C=C\CC. The summed E-state index contributed by atoms with van der Waals surface area (Å²) in [5.74, 6) is -0.933. The van der Waals surface area contributed by atoms with E-state index in [0.29, 0.717) is 19.3 Å². The molecule has 0 N–H and O–H groups in total. The van der Waals surface area contributed by atoms with Crippen LogP contribution in [0.5, 0.6) is 0 Å². The zero-order valence-electron chi connectivity index (χ0n) is 46.7. The van der Waals surface area contributed by atoms with Crippen molar-refractivity contribution in [2.24, 2.45) is 0 Å². The Kier molecular flexibility index (Phi) is 55.9. The van der Waals surface area contributed by atoms with Crippen molar-refractivity contribution >= 4 is 17.9 Å². The highest BCUT2D eigenvalue weighted by molar-refractivity contribution is 5.71. The summed E-state index contributed by atoms with van der Waals surface area (Å²) in [6.45, 7) is 6.38. The topological polar surface area (TPSA) is 78.9 Å². The Labute approximate surface area is 443 Å². The number of ether oxygens (including phenoxy) is 3. The lowest BCUT2D eigenvalue weighted by molar-refractivity contribution is -0.167. The van der Waals surface area contributed by atoms with E-state index >= 15 is 0 Å². The molecule has 0 bridgehead atoms. The average molecular weight is 998 g/mol. The van der Waals surface area contributed by atoms with Crippen LogP contribution in [0.15, 0.2) is 122 Å². The van der Waals surface area contributed by atoms with Gasteiger partial charge in [0.2, 0.25) is 0 Å². The van der Waals surface area contributed by atoms with Crippen molar-refractivity contribution in [1.82, 2.24) is 0 Å². The van der Waals surface area contributed by atoms with Gasteiger partial charge >= 0.3 is 17.9 Å². The molecule has 0 aromatic carbocycles. The maximum Gasteiger partial charge on any atom is 0.306 e. The molecule has 72 heavy (non-hydrogen) atoms. The molecule has 6 heteroatoms. The maximum absolute atomic E-state index is 12.9. The third-order valence-corrected chi connectivity index (χ3v) is 12.2. The molecule has 0 rings (SSSR count). The van der Waals surface area contributed by atoms with E-state index in [1.807, 2.05) is 0 Å². The first-order valence-corrected chi connectivity index (χ1v) is 29.5. The van der Waals surface area contributed by atoms with E-state index in [4.69, 9.17) is 14.2 Å². The molecule has 0 radical (unpaired) electrons. The molecule has 0 aliphatic carbocycles. The van der Waals surface area contributed by atoms with Crippen LogP contribution in [0.25, 0.3) is 0 Å². The Morgan fingerprint density at radius 2 is 0.542 bits per heavy atom. The average Bonchev–Trinajstić information content (AvgIpc) is 3.38. The number of hydrogen-bond acceptors (Lipinski definition) is 6. The molecule has 1 unspecified atom stereocenters. The van der Waals surface area contributed by atoms with Crippen LogP contribution in [-0.4, -0.2) is 37.2 Å². The fraction of sp³-hybridized carbons (Fsp3) is 0.652. The summed E-state index contributed by atoms with van der Waals surface area (Å²) in [5, 5.41) is 0. The first kappa shape index (κ1) is 67.8. The Morgan fingerprint density at radius 3 is 0.847 bits per heavy atom. The van der Waals surface area contributed by atoms with Gasteiger partial charge in [0.1, 0.15) is 13.2 Å². The number of hydrogen-bond donors (Lipinski definition) is 0. The van der Waals surface area contributed by atoms with E-state index in [2.05, 4.69) is 142 Å². The second kappa shape index (κ2) is 59.4. The molecule has 0 aromatic rings. The van der Waals surface area contributed by atoms with Crippen molar-refractivity contribution in [1.29, 1.82) is 0 Å². The van der Waals surface area contributed by atoms with Gasteiger partial charge in [0.05, 0.1) is 0 Å². The van der Waals surface area contributed by atoms with Crippen LogP contribution in [0.2, 0.25) is 0 Å². The lowest BCUT2D eigenvalue weighted by atomic mass is 10.0. The van der Waals surface area contributed by atoms with E-state index in [-0.39, 0.29) is 31.1 Å². The fourth-order valence-corrected chi connectivity index (χ4v) is 7.85. The molecule has 1 atom stereocenters. The van der Waals surface area contributed by atoms with Crippen LogP contribution in [0.3, 0.4) is 0 Å². The molecule has 0 amide bonds. The molecule has 0 aliphatic heterocycles. The monoisotopic (exact) mass is 997 g/mol. The van der Waals surface area contributed by atoms with Crippen LogP contribution < -0.4 is 0 Å². The summed E-state index contributed by atoms with van der Waals surface area (Å²) in [4.78, 5) is 38.2. The van der Waals surface area contributed by atoms with Crippen LogP contribution >= 0.6 is 0 Å². The molecule has 0 heterocycles. The Morgan fingerprint density at radius 1 is 0.292 bits per heavy atom. The minimum atomic E-state index is -0.799. The highest BCUT2D eigenvalue weighted by Crippen LogP contribution is 2.15. The van der Waals surface area contributed by atoms with E-state index in [1.165, 1.54) is 70.6 Å². The summed E-state index contributed by atoms with van der Waals surface area (Å²) in [6, 6.07) is 0. The van der Waals surface area contributed by atoms with Crippen LogP contribution in [0.1, 0.15) is 258 Å². The van der Waals surface area contributed by atoms with E-state index in [9.17, 15) is 14.4 Å². The van der Waals surface area contributed by atoms with Crippen LogP contribution in [0, 0.1) is 0 Å². The van der Waals surface area contributed by atoms with Gasteiger partial charge in [-0.1, -0.05) is 251 Å². The number of esters is 3. The van der Waals surface area contributed by atoms with Crippen molar-refractivity contribution < 1.29 is 28.6 Å². The normalized spacial score (nSPS) is 13.0. The van der Waals surface area contributed by atoms with E-state index < -0.39 is 6.10 Å². The third-order valence-electron chi connectivity index (χ3n) is 12.2. The van der Waals surface area contributed by atoms with Gasteiger partial charge in [-0.3, -0.25) is 14.4 Å². The Bertz CT molecular complexity index is 1520. The molecule has 408 valence electrons. The second-order valence-electron chi connectivity index (χ2n) is 19.1. The molecular formula is C66H108O6. The number of rotatable bonds is 52. The molecule has 0 saturated heterocycles. The smallest absolute Gasteiger partial charge is 0.306 e. The van der Waals surface area contributed by atoms with Gasteiger partial charge in [-0.05, 0) is 109 Å². The van der Waals surface area contributed by atoms with E-state index in [0.717, 1.165) is 148 Å². The van der Waals surface area contributed by atoms with Gasteiger partial charge in [-0.2, -0.15) is 0 Å². The first-order chi connectivity index (χ1) is 35.5. The summed E-state index contributed by atoms with van der Waals surface area (Å²) in [5.41, 5.74) is 0. The minimum absolute atomic E-state index is 0.0937. The molecule has 6 nitrogen and oxygen atoms in total. The fourth-order valence-electron chi connectivity index (χ4n) is 7.85. The third kappa shape index (κ3) is 56.7. The van der Waals surface area contributed by atoms with Gasteiger partial charge < -0.3 is 14.2 Å². The first-order valence-electron chi connectivity index (χ1n) is 29.5. The van der Waals surface area contributed by atoms with Crippen molar-refractivity contribution in [2.75, 3.05) is 13.2 Å². The number of carbonyl (C=O) groups excluding carboxylic acids is 3. The zero-order valence-corrected chi connectivity index (χ0v) is 46.7. The maximum atomic E-state index is 12.9. The summed E-state index contributed by atoms with van der Waals surface area (Å²) in [6.07, 6.45) is 81.9. The molecule has 0 fully saturated rings. The largest absolute Gasteiger partial charge is 0.462 e. The zero-order chi connectivity index (χ0) is 52.2. The van der Waals surface area contributed by atoms with Crippen molar-refractivity contribution in [3.63, 3.8) is 0 Å². The predicted octanol–water partition coefficient (Wildman–Crippen LogP) is 20.0. The van der Waals surface area contributed by atoms with Crippen molar-refractivity contribution in [3.05, 3.63) is 122 Å². The van der Waals surface area contributed by atoms with Gasteiger partial charge in [0, 0.05) is 19.3 Å². The molecule has 0 aliphatic rings. The minimum Gasteiger partial charge on any atom is -0.462 e. The van der Waals surface area contributed by atoms with Crippen molar-refractivity contribution in [2.45, 2.75) is 264 Å². The number of carbonyl (C=O) groups is 3. The lowest BCUT2D eigenvalue weighted by Gasteiger charge is -2.18. The standard InChI is InChI=1S/C66H108O6/c1-4-7-10-13-16-19-22-25-27-29-30-31-32-33-34-35-36-38-39-41-44-47-50-53-56-59-65(68)71-62-63(61-70-64(67)58-55-52-49-46-43-24-21-18-15-12-9-6-3)72-66(69)60-57-54-51-48-45-42-40-37-28-26-23-20-17-14-11-8-5-2/h7-8,10-11,16-17,19-20,25-28,30-31,33-34,36,38,40,42,63H,4-6,9,12-15,18,21-24,29,32,35,37,39,41,43-62H2,1-3H3/b10-7-,11-8-,19-16-,20-17-,27-25-,28-26-,31-30-,34-33-,38-36-,42-40-. The van der Waals surface area contributed by atoms with Gasteiger partial charge in [0.25, 0.3) is 0 Å². The highest BCUT2D eigenvalue weighted by atomic mass is 16.6. The lowest BCUT2D eigenvalue weighted by Crippen LogP contribution is -2.30. The molecule has 0 saturated carbocycles. The quantitative estimate of drug-likeness (QED) is 0.0261. The summed E-state index contributed by atoms with van der Waals surface area (Å²) in [7, 11) is 0. The van der Waals surface area contributed by atoms with Gasteiger partial charge in [-0.15, -0.1) is 0 Å².